The monoisotopic (exact) mass is 140 g/mol. The van der Waals surface area contributed by atoms with Gasteiger partial charge in [-0.15, -0.1) is 0 Å². The van der Waals surface area contributed by atoms with Gasteiger partial charge in [0.05, 0.1) is 0 Å². The van der Waals surface area contributed by atoms with Crippen LogP contribution >= 0.6 is 11.8 Å². The molecule has 0 bridgehead atoms. The quantitative estimate of drug-likeness (QED) is 0.504. The number of rotatable bonds is 0. The van der Waals surface area contributed by atoms with Gasteiger partial charge in [-0.1, -0.05) is 0 Å². The van der Waals surface area contributed by atoms with E-state index in [1.165, 1.54) is 12.2 Å². The van der Waals surface area contributed by atoms with Gasteiger partial charge in [0.25, 0.3) is 0 Å². The largest absolute Gasteiger partial charge is 0.177 e. The molecule has 0 radical (unpaired) electrons. The van der Waals surface area contributed by atoms with Crippen molar-refractivity contribution in [1.29, 1.82) is 0 Å². The van der Waals surface area contributed by atoms with Gasteiger partial charge >= 0.3 is 0 Å². The summed E-state index contributed by atoms with van der Waals surface area (Å²) in [4.78, 5) is 0. The van der Waals surface area contributed by atoms with Crippen LogP contribution in [-0.2, 0) is 0 Å². The molecule has 0 aliphatic carbocycles. The Morgan fingerprint density at radius 2 is 2.56 bits per heavy atom. The highest BCUT2D eigenvalue weighted by molar-refractivity contribution is 7.99. The van der Waals surface area contributed by atoms with E-state index in [1.54, 1.807) is 0 Å². The van der Waals surface area contributed by atoms with E-state index in [4.69, 9.17) is 0 Å². The van der Waals surface area contributed by atoms with Crippen LogP contribution in [0, 0.1) is 0 Å². The normalized spacial score (nSPS) is 39.1. The first-order valence-corrected chi connectivity index (χ1v) is 4.24. The second kappa shape index (κ2) is 1.84. The number of azo groups is 1. The zero-order valence-electron chi connectivity index (χ0n) is 5.08. The van der Waals surface area contributed by atoms with E-state index in [1.807, 2.05) is 18.0 Å². The fraction of sp³-hybridized carbons (Fsp3) is 0.667. The summed E-state index contributed by atoms with van der Waals surface area (Å²) in [6, 6.07) is 0. The highest BCUT2D eigenvalue weighted by Crippen LogP contribution is 2.35. The molecule has 1 atom stereocenters. The summed E-state index contributed by atoms with van der Waals surface area (Å²) < 4.78 is 0. The van der Waals surface area contributed by atoms with Crippen LogP contribution < -0.4 is 0 Å². The minimum atomic E-state index is 0.130. The van der Waals surface area contributed by atoms with Crippen molar-refractivity contribution in [2.45, 2.75) is 12.0 Å². The molecule has 2 aliphatic rings. The van der Waals surface area contributed by atoms with Crippen LogP contribution in [0.25, 0.3) is 0 Å². The maximum Gasteiger partial charge on any atom is 0.112 e. The number of nitrogens with zero attached hydrogens (tertiary/aromatic N) is 2. The lowest BCUT2D eigenvalue weighted by molar-refractivity contribution is 0.593. The average Bonchev–Trinajstić information content (AvgIpc) is 2.45. The van der Waals surface area contributed by atoms with Gasteiger partial charge in [0, 0.05) is 12.0 Å². The minimum Gasteiger partial charge on any atom is -0.177 e. The molecular formula is C6H8N2S. The number of hydrogen-bond acceptors (Lipinski definition) is 3. The van der Waals surface area contributed by atoms with Crippen molar-refractivity contribution in [3.05, 3.63) is 12.3 Å². The first-order chi connectivity index (χ1) is 4.41. The van der Waals surface area contributed by atoms with Gasteiger partial charge in [0.15, 0.2) is 0 Å². The molecule has 1 unspecified atom stereocenters. The fourth-order valence-electron chi connectivity index (χ4n) is 1.13. The molecule has 0 N–H and O–H groups in total. The minimum absolute atomic E-state index is 0.130. The summed E-state index contributed by atoms with van der Waals surface area (Å²) in [5, 5.41) is 8.01. The van der Waals surface area contributed by atoms with Crippen molar-refractivity contribution in [2.24, 2.45) is 10.2 Å². The molecular weight excluding hydrogens is 132 g/mol. The molecule has 9 heavy (non-hydrogen) atoms. The van der Waals surface area contributed by atoms with Gasteiger partial charge in [-0.05, 0) is 18.2 Å². The molecule has 1 saturated heterocycles. The van der Waals surface area contributed by atoms with E-state index in [0.29, 0.717) is 0 Å². The van der Waals surface area contributed by atoms with Crippen LogP contribution in [-0.4, -0.2) is 17.0 Å². The van der Waals surface area contributed by atoms with Gasteiger partial charge in [0.1, 0.15) is 5.54 Å². The first kappa shape index (κ1) is 5.47. The molecule has 1 spiro atoms. The summed E-state index contributed by atoms with van der Waals surface area (Å²) in [7, 11) is 0. The zero-order chi connectivity index (χ0) is 6.16. The van der Waals surface area contributed by atoms with Crippen molar-refractivity contribution in [3.8, 4) is 0 Å². The molecule has 3 heteroatoms. The molecule has 2 heterocycles. The molecule has 48 valence electrons. The van der Waals surface area contributed by atoms with E-state index in [2.05, 4.69) is 16.3 Å². The van der Waals surface area contributed by atoms with Gasteiger partial charge in [-0.2, -0.15) is 22.0 Å². The summed E-state index contributed by atoms with van der Waals surface area (Å²) in [5.41, 5.74) is 0.130. The standard InChI is InChI=1S/C6H8N2S/c1-3-7-8-6(1)2-4-9-5-6/h1,3H,2,4-5H2. The smallest absolute Gasteiger partial charge is 0.112 e. The Balaban J connectivity index is 2.23. The molecule has 0 aromatic rings. The van der Waals surface area contributed by atoms with E-state index < -0.39 is 0 Å². The third-order valence-electron chi connectivity index (χ3n) is 1.74. The lowest BCUT2D eigenvalue weighted by Gasteiger charge is -2.10. The van der Waals surface area contributed by atoms with Crippen molar-refractivity contribution in [1.82, 2.24) is 0 Å². The molecule has 0 saturated carbocycles. The highest BCUT2D eigenvalue weighted by Gasteiger charge is 2.33. The average molecular weight is 140 g/mol. The lowest BCUT2D eigenvalue weighted by Crippen LogP contribution is -2.19. The Morgan fingerprint density at radius 3 is 3.11 bits per heavy atom. The van der Waals surface area contributed by atoms with Gasteiger partial charge in [-0.3, -0.25) is 0 Å². The molecule has 2 rings (SSSR count). The molecule has 2 aliphatic heterocycles. The van der Waals surface area contributed by atoms with E-state index in [-0.39, 0.29) is 5.54 Å². The van der Waals surface area contributed by atoms with Crippen LogP contribution in [0.15, 0.2) is 22.5 Å². The zero-order valence-corrected chi connectivity index (χ0v) is 5.90. The third-order valence-corrected chi connectivity index (χ3v) is 2.94. The SMILES string of the molecule is C1=CC2(CCSC2)N=N1. The second-order valence-electron chi connectivity index (χ2n) is 2.44. The molecule has 0 aromatic heterocycles. The predicted octanol–water partition coefficient (Wildman–Crippen LogP) is 1.84. The maximum absolute atomic E-state index is 4.16. The molecule has 0 amide bonds. The fourth-order valence-corrected chi connectivity index (χ4v) is 2.43. The van der Waals surface area contributed by atoms with Crippen LogP contribution in [0.1, 0.15) is 6.42 Å². The Labute approximate surface area is 58.4 Å². The maximum atomic E-state index is 4.16. The van der Waals surface area contributed by atoms with Gasteiger partial charge in [-0.25, -0.2) is 0 Å². The Hall–Kier alpha value is -0.310. The van der Waals surface area contributed by atoms with Crippen molar-refractivity contribution in [3.63, 3.8) is 0 Å². The molecule has 0 aromatic carbocycles. The van der Waals surface area contributed by atoms with E-state index >= 15 is 0 Å². The highest BCUT2D eigenvalue weighted by atomic mass is 32.2. The predicted molar refractivity (Wildman–Crippen MR) is 38.7 cm³/mol. The molecule has 2 nitrogen and oxygen atoms in total. The van der Waals surface area contributed by atoms with Crippen LogP contribution in [0.5, 0.6) is 0 Å². The van der Waals surface area contributed by atoms with Gasteiger partial charge in [0.2, 0.25) is 0 Å². The molecule has 1 fully saturated rings. The van der Waals surface area contributed by atoms with Crippen molar-refractivity contribution in [2.75, 3.05) is 11.5 Å². The summed E-state index contributed by atoms with van der Waals surface area (Å²) >= 11 is 1.97. The Morgan fingerprint density at radius 1 is 1.56 bits per heavy atom. The lowest BCUT2D eigenvalue weighted by atomic mass is 10.0. The summed E-state index contributed by atoms with van der Waals surface area (Å²) in [6.45, 7) is 0. The van der Waals surface area contributed by atoms with Gasteiger partial charge < -0.3 is 0 Å². The Bertz CT molecular complexity index is 154. The first-order valence-electron chi connectivity index (χ1n) is 3.09. The number of hydrogen-bond donors (Lipinski definition) is 0. The topological polar surface area (TPSA) is 24.7 Å². The van der Waals surface area contributed by atoms with Crippen molar-refractivity contribution >= 4 is 11.8 Å². The number of thioether (sulfide) groups is 1. The van der Waals surface area contributed by atoms with Crippen molar-refractivity contribution < 1.29 is 0 Å². The Kier molecular flexibility index (Phi) is 1.12. The third kappa shape index (κ3) is 0.796. The van der Waals surface area contributed by atoms with E-state index in [0.717, 1.165) is 5.75 Å². The van der Waals surface area contributed by atoms with Crippen LogP contribution in [0.3, 0.4) is 0 Å². The van der Waals surface area contributed by atoms with E-state index in [9.17, 15) is 0 Å². The summed E-state index contributed by atoms with van der Waals surface area (Å²) in [6.07, 6.45) is 5.11. The van der Waals surface area contributed by atoms with Crippen LogP contribution in [0.2, 0.25) is 0 Å². The second-order valence-corrected chi connectivity index (χ2v) is 3.54. The van der Waals surface area contributed by atoms with Crippen LogP contribution in [0.4, 0.5) is 0 Å². The summed E-state index contributed by atoms with van der Waals surface area (Å²) in [5.74, 6) is 2.37.